The summed E-state index contributed by atoms with van der Waals surface area (Å²) in [6, 6.07) is 8.12. The van der Waals surface area contributed by atoms with Crippen molar-refractivity contribution in [1.29, 1.82) is 0 Å². The molecule has 0 radical (unpaired) electrons. The van der Waals surface area contributed by atoms with Crippen LogP contribution in [0, 0.1) is 5.92 Å². The van der Waals surface area contributed by atoms with Gasteiger partial charge < -0.3 is 9.84 Å². The molecule has 0 aliphatic rings. The van der Waals surface area contributed by atoms with Gasteiger partial charge in [-0.05, 0) is 30.4 Å². The molecule has 0 amide bonds. The first-order valence-electron chi connectivity index (χ1n) is 5.84. The number of aliphatic hydroxyl groups excluding tert-OH is 1. The molecule has 2 heteroatoms. The molecule has 0 saturated heterocycles. The second kappa shape index (κ2) is 6.02. The third kappa shape index (κ3) is 3.62. The summed E-state index contributed by atoms with van der Waals surface area (Å²) in [5.74, 6) is 0.632. The summed E-state index contributed by atoms with van der Waals surface area (Å²) in [4.78, 5) is 0. The number of hydrogen-bond acceptors (Lipinski definition) is 2. The van der Waals surface area contributed by atoms with Crippen molar-refractivity contribution < 1.29 is 9.84 Å². The third-order valence-corrected chi connectivity index (χ3v) is 2.75. The van der Waals surface area contributed by atoms with Gasteiger partial charge in [-0.3, -0.25) is 0 Å². The van der Waals surface area contributed by atoms with E-state index >= 15 is 0 Å². The standard InChI is InChI=1S/C14H22O2/c1-10(2)8-12-6-5-7-13(9-12)14(15)11(3)16-4/h5-7,9-11,14-15H,8H2,1-4H3. The Balaban J connectivity index is 2.81. The number of aliphatic hydroxyl groups is 1. The van der Waals surface area contributed by atoms with E-state index in [2.05, 4.69) is 26.0 Å². The predicted octanol–water partition coefficient (Wildman–Crippen LogP) is 2.95. The van der Waals surface area contributed by atoms with E-state index in [9.17, 15) is 5.11 Å². The van der Waals surface area contributed by atoms with Gasteiger partial charge in [0.25, 0.3) is 0 Å². The van der Waals surface area contributed by atoms with Crippen LogP contribution < -0.4 is 0 Å². The van der Waals surface area contributed by atoms with E-state index in [-0.39, 0.29) is 6.10 Å². The molecule has 1 aromatic rings. The Labute approximate surface area is 98.3 Å². The molecule has 1 N–H and O–H groups in total. The van der Waals surface area contributed by atoms with Crippen molar-refractivity contribution in [3.8, 4) is 0 Å². The van der Waals surface area contributed by atoms with E-state index in [0.29, 0.717) is 5.92 Å². The van der Waals surface area contributed by atoms with Crippen molar-refractivity contribution in [2.24, 2.45) is 5.92 Å². The molecule has 0 fully saturated rings. The van der Waals surface area contributed by atoms with Gasteiger partial charge in [-0.15, -0.1) is 0 Å². The topological polar surface area (TPSA) is 29.5 Å². The molecule has 0 aliphatic heterocycles. The number of benzene rings is 1. The smallest absolute Gasteiger partial charge is 0.105 e. The average molecular weight is 222 g/mol. The highest BCUT2D eigenvalue weighted by molar-refractivity contribution is 5.26. The zero-order chi connectivity index (χ0) is 12.1. The summed E-state index contributed by atoms with van der Waals surface area (Å²) < 4.78 is 5.14. The second-order valence-electron chi connectivity index (χ2n) is 4.73. The molecule has 0 bridgehead atoms. The van der Waals surface area contributed by atoms with Gasteiger partial charge in [-0.2, -0.15) is 0 Å². The minimum atomic E-state index is -0.544. The summed E-state index contributed by atoms with van der Waals surface area (Å²) in [6.07, 6.45) is 0.327. The largest absolute Gasteiger partial charge is 0.386 e. The van der Waals surface area contributed by atoms with Crippen molar-refractivity contribution in [1.82, 2.24) is 0 Å². The minimum absolute atomic E-state index is 0.172. The maximum Gasteiger partial charge on any atom is 0.105 e. The van der Waals surface area contributed by atoms with E-state index in [1.54, 1.807) is 7.11 Å². The molecule has 2 nitrogen and oxygen atoms in total. The molecule has 0 heterocycles. The fourth-order valence-corrected chi connectivity index (χ4v) is 1.78. The van der Waals surface area contributed by atoms with Crippen molar-refractivity contribution in [3.63, 3.8) is 0 Å². The van der Waals surface area contributed by atoms with Gasteiger partial charge in [-0.25, -0.2) is 0 Å². The second-order valence-corrected chi connectivity index (χ2v) is 4.73. The van der Waals surface area contributed by atoms with Crippen molar-refractivity contribution in [2.75, 3.05) is 7.11 Å². The number of methoxy groups -OCH3 is 1. The van der Waals surface area contributed by atoms with Crippen molar-refractivity contribution >= 4 is 0 Å². The van der Waals surface area contributed by atoms with Gasteiger partial charge >= 0.3 is 0 Å². The number of rotatable bonds is 5. The van der Waals surface area contributed by atoms with Crippen LogP contribution in [-0.4, -0.2) is 18.3 Å². The van der Waals surface area contributed by atoms with Gasteiger partial charge in [0.05, 0.1) is 6.10 Å². The van der Waals surface area contributed by atoms with Crippen LogP contribution in [0.2, 0.25) is 0 Å². The van der Waals surface area contributed by atoms with Gasteiger partial charge in [0.2, 0.25) is 0 Å². The zero-order valence-corrected chi connectivity index (χ0v) is 10.6. The fourth-order valence-electron chi connectivity index (χ4n) is 1.78. The molecule has 1 aromatic carbocycles. The quantitative estimate of drug-likeness (QED) is 0.830. The summed E-state index contributed by atoms with van der Waals surface area (Å²) in [7, 11) is 1.62. The average Bonchev–Trinajstić information content (AvgIpc) is 2.26. The highest BCUT2D eigenvalue weighted by Gasteiger charge is 2.15. The Morgan fingerprint density at radius 2 is 1.94 bits per heavy atom. The van der Waals surface area contributed by atoms with Crippen LogP contribution in [0.5, 0.6) is 0 Å². The van der Waals surface area contributed by atoms with Gasteiger partial charge in [0.15, 0.2) is 0 Å². The van der Waals surface area contributed by atoms with Crippen molar-refractivity contribution in [2.45, 2.75) is 39.4 Å². The Bertz CT molecular complexity index is 320. The van der Waals surface area contributed by atoms with Gasteiger partial charge in [0.1, 0.15) is 6.10 Å². The lowest BCUT2D eigenvalue weighted by atomic mass is 9.98. The van der Waals surface area contributed by atoms with E-state index in [0.717, 1.165) is 12.0 Å². The Hall–Kier alpha value is -0.860. The first-order chi connectivity index (χ1) is 7.54. The Morgan fingerprint density at radius 3 is 2.50 bits per heavy atom. The molecule has 0 aromatic heterocycles. The zero-order valence-electron chi connectivity index (χ0n) is 10.6. The fraction of sp³-hybridized carbons (Fsp3) is 0.571. The number of ether oxygens (including phenoxy) is 1. The third-order valence-electron chi connectivity index (χ3n) is 2.75. The van der Waals surface area contributed by atoms with Crippen LogP contribution in [0.25, 0.3) is 0 Å². The molecule has 0 spiro atoms. The van der Waals surface area contributed by atoms with E-state index in [1.165, 1.54) is 5.56 Å². The lowest BCUT2D eigenvalue weighted by molar-refractivity contribution is -0.00146. The highest BCUT2D eigenvalue weighted by Crippen LogP contribution is 2.20. The Morgan fingerprint density at radius 1 is 1.25 bits per heavy atom. The summed E-state index contributed by atoms with van der Waals surface area (Å²) in [5.41, 5.74) is 2.21. The highest BCUT2D eigenvalue weighted by atomic mass is 16.5. The lowest BCUT2D eigenvalue weighted by Crippen LogP contribution is -2.17. The SMILES string of the molecule is COC(C)C(O)c1cccc(CC(C)C)c1. The van der Waals surface area contributed by atoms with Crippen LogP contribution in [0.15, 0.2) is 24.3 Å². The van der Waals surface area contributed by atoms with Crippen LogP contribution in [0.1, 0.15) is 38.0 Å². The molecule has 2 atom stereocenters. The summed E-state index contributed by atoms with van der Waals surface area (Å²) >= 11 is 0. The number of hydrogen-bond donors (Lipinski definition) is 1. The van der Waals surface area contributed by atoms with E-state index in [4.69, 9.17) is 4.74 Å². The monoisotopic (exact) mass is 222 g/mol. The maximum atomic E-state index is 10.0. The minimum Gasteiger partial charge on any atom is -0.386 e. The van der Waals surface area contributed by atoms with Crippen LogP contribution in [0.4, 0.5) is 0 Å². The first kappa shape index (κ1) is 13.2. The Kier molecular flexibility index (Phi) is 4.97. The normalized spacial score (nSPS) is 15.1. The molecular formula is C14H22O2. The van der Waals surface area contributed by atoms with E-state index < -0.39 is 6.10 Å². The molecule has 0 saturated carbocycles. The van der Waals surface area contributed by atoms with Crippen molar-refractivity contribution in [3.05, 3.63) is 35.4 Å². The maximum absolute atomic E-state index is 10.0. The van der Waals surface area contributed by atoms with Crippen LogP contribution in [-0.2, 0) is 11.2 Å². The summed E-state index contributed by atoms with van der Waals surface area (Å²) in [5, 5.41) is 10.0. The van der Waals surface area contributed by atoms with Crippen LogP contribution in [0.3, 0.4) is 0 Å². The molecular weight excluding hydrogens is 200 g/mol. The van der Waals surface area contributed by atoms with Gasteiger partial charge in [-0.1, -0.05) is 38.1 Å². The van der Waals surface area contributed by atoms with Gasteiger partial charge in [0, 0.05) is 7.11 Å². The molecule has 2 unspecified atom stereocenters. The predicted molar refractivity (Wildman–Crippen MR) is 66.4 cm³/mol. The summed E-state index contributed by atoms with van der Waals surface area (Å²) in [6.45, 7) is 6.27. The lowest BCUT2D eigenvalue weighted by Gasteiger charge is -2.18. The molecule has 16 heavy (non-hydrogen) atoms. The molecule has 1 rings (SSSR count). The molecule has 0 aliphatic carbocycles. The first-order valence-corrected chi connectivity index (χ1v) is 5.84. The van der Waals surface area contributed by atoms with Crippen LogP contribution >= 0.6 is 0 Å². The van der Waals surface area contributed by atoms with E-state index in [1.807, 2.05) is 19.1 Å². The molecule has 90 valence electrons.